The number of hydrogen-bond acceptors (Lipinski definition) is 3. The summed E-state index contributed by atoms with van der Waals surface area (Å²) in [5.74, 6) is -0.294. The van der Waals surface area contributed by atoms with Crippen molar-refractivity contribution in [2.24, 2.45) is 5.73 Å². The maximum atomic E-state index is 12.2. The Labute approximate surface area is 156 Å². The van der Waals surface area contributed by atoms with Crippen LogP contribution >= 0.6 is 0 Å². The van der Waals surface area contributed by atoms with Gasteiger partial charge in [0.25, 0.3) is 0 Å². The van der Waals surface area contributed by atoms with Gasteiger partial charge in [-0.05, 0) is 38.2 Å². The van der Waals surface area contributed by atoms with Gasteiger partial charge in [0.05, 0.1) is 6.04 Å². The normalized spacial score (nSPS) is 17.6. The van der Waals surface area contributed by atoms with Gasteiger partial charge in [-0.15, -0.1) is 0 Å². The summed E-state index contributed by atoms with van der Waals surface area (Å²) in [7, 11) is 0. The molecule has 2 atom stereocenters. The quantitative estimate of drug-likeness (QED) is 0.625. The molecule has 1 aliphatic rings. The van der Waals surface area contributed by atoms with Crippen molar-refractivity contribution in [2.45, 2.75) is 70.0 Å². The fourth-order valence-corrected chi connectivity index (χ4v) is 3.20. The van der Waals surface area contributed by atoms with Gasteiger partial charge < -0.3 is 16.4 Å². The molecule has 0 spiro atoms. The first-order chi connectivity index (χ1) is 12.5. The third-order valence-electron chi connectivity index (χ3n) is 4.76. The van der Waals surface area contributed by atoms with Gasteiger partial charge in [-0.2, -0.15) is 0 Å². The Morgan fingerprint density at radius 1 is 1.19 bits per heavy atom. The fourth-order valence-electron chi connectivity index (χ4n) is 3.20. The maximum Gasteiger partial charge on any atom is 0.243 e. The second-order valence-corrected chi connectivity index (χ2v) is 7.13. The van der Waals surface area contributed by atoms with Crippen LogP contribution in [0.1, 0.15) is 51.0 Å². The Bertz CT molecular complexity index is 593. The van der Waals surface area contributed by atoms with Crippen molar-refractivity contribution in [3.8, 4) is 0 Å². The molecular formula is C21H31N3O2. The number of nitrogens with one attached hydrogen (secondary N) is 2. The van der Waals surface area contributed by atoms with Crippen LogP contribution in [0.3, 0.4) is 0 Å². The molecule has 0 aromatic heterocycles. The Balaban J connectivity index is 1.90. The zero-order valence-corrected chi connectivity index (χ0v) is 15.6. The van der Waals surface area contributed by atoms with E-state index in [1.165, 1.54) is 24.8 Å². The van der Waals surface area contributed by atoms with Gasteiger partial charge in [0.15, 0.2) is 0 Å². The van der Waals surface area contributed by atoms with E-state index in [2.05, 4.69) is 22.8 Å². The Kier molecular flexibility index (Phi) is 8.35. The molecule has 4 N–H and O–H groups in total. The third kappa shape index (κ3) is 7.40. The van der Waals surface area contributed by atoms with Crippen molar-refractivity contribution in [3.63, 3.8) is 0 Å². The molecule has 0 saturated heterocycles. The summed E-state index contributed by atoms with van der Waals surface area (Å²) in [5, 5.41) is 5.98. The standard InChI is InChI=1S/C21H31N3O2/c1-16(22)21(26)24-19(13-12-17-8-4-2-5-9-17)14-15-20(25)23-18-10-6-3-7-11-18/h2,4-5,8-9,14-16,18-19H,3,6-7,10-13,22H2,1H3,(H,23,25)(H,24,26)/b15-14+/t16-,19-/m0/s1. The van der Waals surface area contributed by atoms with Crippen molar-refractivity contribution >= 4 is 11.8 Å². The van der Waals surface area contributed by atoms with E-state index < -0.39 is 6.04 Å². The lowest BCUT2D eigenvalue weighted by molar-refractivity contribution is -0.122. The van der Waals surface area contributed by atoms with Crippen LogP contribution in [0, 0.1) is 0 Å². The highest BCUT2D eigenvalue weighted by Gasteiger charge is 2.16. The SMILES string of the molecule is C[C@H](N)C(=O)N[C@H](/C=C/C(=O)NC1CCCCC1)CCc1ccccc1. The molecule has 0 bridgehead atoms. The van der Waals surface area contributed by atoms with Crippen LogP contribution in [0.4, 0.5) is 0 Å². The summed E-state index contributed by atoms with van der Waals surface area (Å²) < 4.78 is 0. The first-order valence-electron chi connectivity index (χ1n) is 9.63. The molecule has 5 nitrogen and oxygen atoms in total. The first kappa shape index (κ1) is 20.2. The van der Waals surface area contributed by atoms with Gasteiger partial charge in [-0.1, -0.05) is 55.7 Å². The van der Waals surface area contributed by atoms with Crippen LogP contribution in [0.2, 0.25) is 0 Å². The van der Waals surface area contributed by atoms with E-state index in [1.54, 1.807) is 19.1 Å². The first-order valence-corrected chi connectivity index (χ1v) is 9.63. The number of nitrogens with two attached hydrogens (primary N) is 1. The Morgan fingerprint density at radius 2 is 1.88 bits per heavy atom. The van der Waals surface area contributed by atoms with Crippen LogP contribution in [-0.4, -0.2) is 29.9 Å². The number of benzene rings is 1. The van der Waals surface area contributed by atoms with Crippen molar-refractivity contribution < 1.29 is 9.59 Å². The molecule has 2 rings (SSSR count). The van der Waals surface area contributed by atoms with Gasteiger partial charge in [0.1, 0.15) is 0 Å². The zero-order valence-electron chi connectivity index (χ0n) is 15.6. The Hall–Kier alpha value is -2.14. The van der Waals surface area contributed by atoms with Crippen LogP contribution in [-0.2, 0) is 16.0 Å². The Morgan fingerprint density at radius 3 is 2.54 bits per heavy atom. The van der Waals surface area contributed by atoms with E-state index in [0.717, 1.165) is 25.7 Å². The topological polar surface area (TPSA) is 84.2 Å². The van der Waals surface area contributed by atoms with E-state index >= 15 is 0 Å². The van der Waals surface area contributed by atoms with Gasteiger partial charge in [0.2, 0.25) is 11.8 Å². The van der Waals surface area contributed by atoms with E-state index in [-0.39, 0.29) is 23.9 Å². The smallest absolute Gasteiger partial charge is 0.243 e. The molecular weight excluding hydrogens is 326 g/mol. The van der Waals surface area contributed by atoms with Gasteiger partial charge in [-0.25, -0.2) is 0 Å². The molecule has 0 radical (unpaired) electrons. The highest BCUT2D eigenvalue weighted by Crippen LogP contribution is 2.17. The van der Waals surface area contributed by atoms with E-state index in [9.17, 15) is 9.59 Å². The van der Waals surface area contributed by atoms with Gasteiger partial charge in [-0.3, -0.25) is 9.59 Å². The fraction of sp³-hybridized carbons (Fsp3) is 0.524. The molecule has 1 fully saturated rings. The van der Waals surface area contributed by atoms with Crippen LogP contribution in [0.25, 0.3) is 0 Å². The van der Waals surface area contributed by atoms with Crippen molar-refractivity contribution in [1.29, 1.82) is 0 Å². The molecule has 1 saturated carbocycles. The summed E-state index contributed by atoms with van der Waals surface area (Å²) in [6.07, 6.45) is 10.6. The number of amides is 2. The molecule has 5 heteroatoms. The molecule has 2 amide bonds. The molecule has 0 heterocycles. The molecule has 1 aromatic rings. The van der Waals surface area contributed by atoms with Gasteiger partial charge >= 0.3 is 0 Å². The lowest BCUT2D eigenvalue weighted by Crippen LogP contribution is -2.43. The highest BCUT2D eigenvalue weighted by atomic mass is 16.2. The molecule has 0 aliphatic heterocycles. The average molecular weight is 357 g/mol. The number of carbonyl (C=O) groups excluding carboxylic acids is 2. The van der Waals surface area contributed by atoms with Crippen LogP contribution in [0.15, 0.2) is 42.5 Å². The second-order valence-electron chi connectivity index (χ2n) is 7.13. The molecule has 142 valence electrons. The lowest BCUT2D eigenvalue weighted by Gasteiger charge is -2.22. The summed E-state index contributed by atoms with van der Waals surface area (Å²) in [6, 6.07) is 9.59. The summed E-state index contributed by atoms with van der Waals surface area (Å²) in [5.41, 5.74) is 6.86. The number of aryl methyl sites for hydroxylation is 1. The van der Waals surface area contributed by atoms with Crippen LogP contribution < -0.4 is 16.4 Å². The summed E-state index contributed by atoms with van der Waals surface area (Å²) in [4.78, 5) is 24.1. The average Bonchev–Trinajstić information content (AvgIpc) is 2.65. The molecule has 0 unspecified atom stereocenters. The minimum atomic E-state index is -0.571. The number of rotatable bonds is 8. The van der Waals surface area contributed by atoms with Crippen LogP contribution in [0.5, 0.6) is 0 Å². The molecule has 1 aliphatic carbocycles. The third-order valence-corrected chi connectivity index (χ3v) is 4.76. The summed E-state index contributed by atoms with van der Waals surface area (Å²) >= 11 is 0. The monoisotopic (exact) mass is 357 g/mol. The van der Waals surface area contributed by atoms with E-state index in [0.29, 0.717) is 0 Å². The van der Waals surface area contributed by atoms with Crippen molar-refractivity contribution in [2.75, 3.05) is 0 Å². The predicted octanol–water partition coefficient (Wildman–Crippen LogP) is 2.46. The lowest BCUT2D eigenvalue weighted by atomic mass is 9.95. The maximum absolute atomic E-state index is 12.2. The summed E-state index contributed by atoms with van der Waals surface area (Å²) in [6.45, 7) is 1.66. The van der Waals surface area contributed by atoms with Crippen molar-refractivity contribution in [3.05, 3.63) is 48.0 Å². The molecule has 1 aromatic carbocycles. The van der Waals surface area contributed by atoms with E-state index in [4.69, 9.17) is 5.73 Å². The number of carbonyl (C=O) groups is 2. The molecule has 26 heavy (non-hydrogen) atoms. The van der Waals surface area contributed by atoms with Crippen molar-refractivity contribution in [1.82, 2.24) is 10.6 Å². The van der Waals surface area contributed by atoms with E-state index in [1.807, 2.05) is 18.2 Å². The minimum absolute atomic E-state index is 0.0864. The van der Waals surface area contributed by atoms with Gasteiger partial charge in [0, 0.05) is 18.2 Å². The highest BCUT2D eigenvalue weighted by molar-refractivity contribution is 5.88. The minimum Gasteiger partial charge on any atom is -0.350 e. The number of hydrogen-bond donors (Lipinski definition) is 3. The second kappa shape index (κ2) is 10.8. The zero-order chi connectivity index (χ0) is 18.8. The predicted molar refractivity (Wildman–Crippen MR) is 104 cm³/mol. The largest absolute Gasteiger partial charge is 0.350 e.